The van der Waals surface area contributed by atoms with Crippen LogP contribution in [0.25, 0.3) is 21.9 Å². The van der Waals surface area contributed by atoms with Crippen molar-refractivity contribution in [3.63, 3.8) is 0 Å². The van der Waals surface area contributed by atoms with E-state index in [4.69, 9.17) is 4.74 Å². The molecule has 0 heterocycles. The SMILES string of the molecule is COc1ccc2ccccc2c1-c1c(C)c(C)c(C)c(C)c1P(=O)(c1cc(C(F)(F)F)cc(C(F)(F)F)c1)c1cc(C(F)(F)F)cc(C(F)(F)F)c1. The molecule has 0 saturated heterocycles. The van der Waals surface area contributed by atoms with Gasteiger partial charge in [-0.05, 0) is 103 Å². The summed E-state index contributed by atoms with van der Waals surface area (Å²) >= 11 is 0. The maximum absolute atomic E-state index is 16.2. The molecule has 52 heavy (non-hydrogen) atoms. The molecule has 0 aliphatic heterocycles. The highest BCUT2D eigenvalue weighted by atomic mass is 31.2. The highest BCUT2D eigenvalue weighted by Gasteiger charge is 2.45. The van der Waals surface area contributed by atoms with Gasteiger partial charge in [0.15, 0.2) is 7.14 Å². The van der Waals surface area contributed by atoms with Crippen LogP contribution in [0, 0.1) is 27.7 Å². The quantitative estimate of drug-likeness (QED) is 0.132. The molecule has 0 atom stereocenters. The zero-order chi connectivity index (χ0) is 38.9. The van der Waals surface area contributed by atoms with Crippen LogP contribution in [0.15, 0.2) is 72.8 Å². The Balaban J connectivity index is 2.16. The molecule has 276 valence electrons. The van der Waals surface area contributed by atoms with Gasteiger partial charge in [-0.1, -0.05) is 30.3 Å². The summed E-state index contributed by atoms with van der Waals surface area (Å²) in [6.07, 6.45) is -22.0. The molecule has 0 N–H and O–H groups in total. The van der Waals surface area contributed by atoms with Crippen LogP contribution in [0.3, 0.4) is 0 Å². The predicted octanol–water partition coefficient (Wildman–Crippen LogP) is 11.5. The number of hydrogen-bond donors (Lipinski definition) is 0. The second kappa shape index (κ2) is 12.9. The van der Waals surface area contributed by atoms with Gasteiger partial charge < -0.3 is 9.30 Å². The Morgan fingerprint density at radius 1 is 0.500 bits per heavy atom. The van der Waals surface area contributed by atoms with Crippen molar-refractivity contribution in [3.05, 3.63) is 117 Å². The summed E-state index contributed by atoms with van der Waals surface area (Å²) in [7, 11) is -4.39. The van der Waals surface area contributed by atoms with Gasteiger partial charge in [0.25, 0.3) is 0 Å². The number of ether oxygens (including phenoxy) is 1. The smallest absolute Gasteiger partial charge is 0.416 e. The van der Waals surface area contributed by atoms with Crippen LogP contribution in [0.1, 0.15) is 44.5 Å². The first-order valence-electron chi connectivity index (χ1n) is 15.2. The third kappa shape index (κ3) is 6.77. The van der Waals surface area contributed by atoms with Crippen LogP contribution in [0.2, 0.25) is 0 Å². The summed E-state index contributed by atoms with van der Waals surface area (Å²) < 4.78 is 193. The Morgan fingerprint density at radius 2 is 0.904 bits per heavy atom. The van der Waals surface area contributed by atoms with Crippen LogP contribution in [0.5, 0.6) is 5.75 Å². The lowest BCUT2D eigenvalue weighted by molar-refractivity contribution is -0.144. The Hall–Kier alpha value is -4.45. The summed E-state index contributed by atoms with van der Waals surface area (Å²) in [6, 6.07) is 9.39. The molecule has 0 unspecified atom stereocenters. The van der Waals surface area contributed by atoms with Gasteiger partial charge >= 0.3 is 24.7 Å². The average Bonchev–Trinajstić information content (AvgIpc) is 3.06. The van der Waals surface area contributed by atoms with E-state index in [9.17, 15) is 52.7 Å². The van der Waals surface area contributed by atoms with Crippen LogP contribution in [-0.2, 0) is 29.3 Å². The standard InChI is InChI=1S/C37H27F12O2P/c1-18-19(2)21(4)33(31(20(18)3)32-29-9-7-6-8-22(29)10-11-30(32)51-5)52(50,27-14-23(34(38,39)40)12-24(15-27)35(41,42)43)28-16-25(36(44,45)46)13-26(17-28)37(47,48)49/h6-17H,1-5H3. The van der Waals surface area contributed by atoms with Crippen LogP contribution < -0.4 is 20.7 Å². The molecule has 2 nitrogen and oxygen atoms in total. The topological polar surface area (TPSA) is 26.3 Å². The van der Waals surface area contributed by atoms with E-state index >= 15 is 4.57 Å². The largest absolute Gasteiger partial charge is 0.496 e. The summed E-state index contributed by atoms with van der Waals surface area (Å²) in [5, 5.41) is -2.21. The fourth-order valence-corrected chi connectivity index (χ4v) is 9.65. The molecule has 5 aromatic carbocycles. The highest BCUT2D eigenvalue weighted by molar-refractivity contribution is 7.85. The highest BCUT2D eigenvalue weighted by Crippen LogP contribution is 2.53. The number of methoxy groups -OCH3 is 1. The van der Waals surface area contributed by atoms with Gasteiger partial charge in [0.05, 0.1) is 29.4 Å². The van der Waals surface area contributed by atoms with E-state index in [-0.39, 0.29) is 64.4 Å². The lowest BCUT2D eigenvalue weighted by Gasteiger charge is -2.31. The van der Waals surface area contributed by atoms with Gasteiger partial charge in [0.1, 0.15) is 5.75 Å². The van der Waals surface area contributed by atoms with Crippen molar-refractivity contribution >= 4 is 33.8 Å². The van der Waals surface area contributed by atoms with Gasteiger partial charge in [0.2, 0.25) is 0 Å². The van der Waals surface area contributed by atoms with Gasteiger partial charge in [-0.15, -0.1) is 0 Å². The molecule has 0 aromatic heterocycles. The second-order valence-electron chi connectivity index (χ2n) is 12.2. The van der Waals surface area contributed by atoms with Crippen molar-refractivity contribution in [2.24, 2.45) is 0 Å². The molecule has 5 rings (SSSR count). The predicted molar refractivity (Wildman–Crippen MR) is 174 cm³/mol. The van der Waals surface area contributed by atoms with Gasteiger partial charge in [0, 0.05) is 27.0 Å². The van der Waals surface area contributed by atoms with E-state index in [1.807, 2.05) is 0 Å². The Bertz CT molecular complexity index is 2120. The van der Waals surface area contributed by atoms with Crippen molar-refractivity contribution in [3.8, 4) is 16.9 Å². The molecule has 0 aliphatic carbocycles. The molecular formula is C37H27F12O2P. The van der Waals surface area contributed by atoms with Crippen molar-refractivity contribution in [1.82, 2.24) is 0 Å². The first-order valence-corrected chi connectivity index (χ1v) is 16.9. The summed E-state index contributed by atoms with van der Waals surface area (Å²) in [5.74, 6) is 0.0669. The first kappa shape index (κ1) is 38.8. The lowest BCUT2D eigenvalue weighted by atomic mass is 9.88. The number of fused-ring (bicyclic) bond motifs is 1. The maximum Gasteiger partial charge on any atom is 0.416 e. The fraction of sp³-hybridized carbons (Fsp3) is 0.243. The molecule has 0 aliphatic rings. The zero-order valence-electron chi connectivity index (χ0n) is 27.7. The van der Waals surface area contributed by atoms with Gasteiger partial charge in [-0.25, -0.2) is 0 Å². The molecule has 0 bridgehead atoms. The Kier molecular flexibility index (Phi) is 9.61. The minimum absolute atomic E-state index is 0.0478. The van der Waals surface area contributed by atoms with Gasteiger partial charge in [-0.2, -0.15) is 52.7 Å². The summed E-state index contributed by atoms with van der Waals surface area (Å²) in [6.45, 7) is 5.90. The number of alkyl halides is 12. The van der Waals surface area contributed by atoms with E-state index in [1.165, 1.54) is 33.9 Å². The average molecular weight is 763 g/mol. The van der Waals surface area contributed by atoms with Crippen molar-refractivity contribution in [2.75, 3.05) is 7.11 Å². The Morgan fingerprint density at radius 3 is 1.31 bits per heavy atom. The monoisotopic (exact) mass is 762 g/mol. The maximum atomic E-state index is 16.2. The van der Waals surface area contributed by atoms with E-state index < -0.39 is 70.0 Å². The molecule has 0 amide bonds. The summed E-state index contributed by atoms with van der Waals surface area (Å²) in [4.78, 5) is 0. The minimum Gasteiger partial charge on any atom is -0.496 e. The molecule has 0 fully saturated rings. The van der Waals surface area contributed by atoms with E-state index in [1.54, 1.807) is 37.3 Å². The van der Waals surface area contributed by atoms with Crippen LogP contribution >= 0.6 is 7.14 Å². The van der Waals surface area contributed by atoms with E-state index in [0.717, 1.165) is 0 Å². The fourth-order valence-electron chi connectivity index (χ4n) is 6.32. The molecule has 0 saturated carbocycles. The van der Waals surface area contributed by atoms with E-state index in [0.29, 0.717) is 21.9 Å². The van der Waals surface area contributed by atoms with Gasteiger partial charge in [-0.3, -0.25) is 0 Å². The second-order valence-corrected chi connectivity index (χ2v) is 14.9. The lowest BCUT2D eigenvalue weighted by Crippen LogP contribution is -2.32. The number of rotatable bonds is 5. The molecule has 15 heteroatoms. The molecule has 0 radical (unpaired) electrons. The molecule has 0 spiro atoms. The van der Waals surface area contributed by atoms with E-state index in [2.05, 4.69) is 0 Å². The van der Waals surface area contributed by atoms with Crippen molar-refractivity contribution in [1.29, 1.82) is 0 Å². The van der Waals surface area contributed by atoms with Crippen LogP contribution in [0.4, 0.5) is 52.7 Å². The number of halogens is 12. The number of hydrogen-bond acceptors (Lipinski definition) is 2. The van der Waals surface area contributed by atoms with Crippen molar-refractivity contribution < 1.29 is 62.0 Å². The zero-order valence-corrected chi connectivity index (χ0v) is 28.6. The minimum atomic E-state index is -5.64. The molecular weight excluding hydrogens is 735 g/mol. The third-order valence-corrected chi connectivity index (χ3v) is 12.4. The third-order valence-electron chi connectivity index (χ3n) is 9.20. The first-order chi connectivity index (χ1) is 23.8. The molecule has 5 aromatic rings. The normalized spacial score (nSPS) is 13.2. The van der Waals surface area contributed by atoms with Crippen molar-refractivity contribution in [2.45, 2.75) is 52.4 Å². The Labute approximate surface area is 289 Å². The summed E-state index contributed by atoms with van der Waals surface area (Å²) in [5.41, 5.74) is -6.87. The number of benzene rings is 5. The van der Waals surface area contributed by atoms with Crippen LogP contribution in [-0.4, -0.2) is 7.11 Å².